The lowest BCUT2D eigenvalue weighted by molar-refractivity contribution is -0.211. The fraction of sp³-hybridized carbons (Fsp3) is 0.615. The van der Waals surface area contributed by atoms with Crippen molar-refractivity contribution in [2.24, 2.45) is 11.3 Å². The molecule has 2 N–H and O–H groups in total. The van der Waals surface area contributed by atoms with Crippen molar-refractivity contribution in [1.29, 1.82) is 0 Å². The zero-order valence-electron chi connectivity index (χ0n) is 22.7. The van der Waals surface area contributed by atoms with Crippen LogP contribution in [0.4, 0.5) is 13.2 Å². The zero-order valence-corrected chi connectivity index (χ0v) is 24.2. The van der Waals surface area contributed by atoms with Crippen LogP contribution in [0.15, 0.2) is 18.2 Å². The number of nitrogens with zero attached hydrogens (tertiary/aromatic N) is 2. The smallest absolute Gasteiger partial charge is 0.394 e. The Morgan fingerprint density at radius 2 is 1.87 bits per heavy atom. The zero-order chi connectivity index (χ0) is 29.6. The second-order valence-corrected chi connectivity index (χ2v) is 11.1. The van der Waals surface area contributed by atoms with Gasteiger partial charge in [0.15, 0.2) is 5.69 Å². The molecular weight excluding hydrogens is 559 g/mol. The number of halogens is 4. The van der Waals surface area contributed by atoms with Crippen LogP contribution in [0, 0.1) is 11.3 Å². The van der Waals surface area contributed by atoms with Crippen molar-refractivity contribution < 1.29 is 36.2 Å². The molecule has 0 saturated heterocycles. The molecule has 0 radical (unpaired) electrons. The van der Waals surface area contributed by atoms with Crippen LogP contribution >= 0.6 is 11.6 Å². The third kappa shape index (κ3) is 8.04. The molecule has 0 bridgehead atoms. The number of carbonyl (C=O) groups is 1. The first-order valence-corrected chi connectivity index (χ1v) is 13.6. The van der Waals surface area contributed by atoms with Crippen LogP contribution in [-0.2, 0) is 24.5 Å². The predicted molar refractivity (Wildman–Crippen MR) is 142 cm³/mol. The van der Waals surface area contributed by atoms with Gasteiger partial charge in [-0.05, 0) is 62.6 Å². The van der Waals surface area contributed by atoms with Crippen molar-refractivity contribution in [3.8, 4) is 17.0 Å². The molecule has 0 unspecified atom stereocenters. The highest BCUT2D eigenvalue weighted by Crippen LogP contribution is 2.42. The van der Waals surface area contributed by atoms with Gasteiger partial charge in [0.1, 0.15) is 5.75 Å². The molecule has 3 rings (SSSR count). The Balaban J connectivity index is 0.00000170. The van der Waals surface area contributed by atoms with Crippen molar-refractivity contribution in [1.82, 2.24) is 15.1 Å². The first-order chi connectivity index (χ1) is 18.1. The van der Waals surface area contributed by atoms with Gasteiger partial charge in [-0.25, -0.2) is 0 Å². The largest absolute Gasteiger partial charge is 0.496 e. The van der Waals surface area contributed by atoms with E-state index in [-0.39, 0.29) is 23.7 Å². The van der Waals surface area contributed by atoms with Crippen molar-refractivity contribution in [3.63, 3.8) is 0 Å². The van der Waals surface area contributed by atoms with E-state index >= 15 is 0 Å². The average Bonchev–Trinajstić information content (AvgIpc) is 3.20. The molecule has 39 heavy (non-hydrogen) atoms. The van der Waals surface area contributed by atoms with Crippen LogP contribution in [-0.4, -0.2) is 54.6 Å². The lowest BCUT2D eigenvalue weighted by atomic mass is 9.79. The van der Waals surface area contributed by atoms with E-state index < -0.39 is 34.7 Å². The van der Waals surface area contributed by atoms with Crippen molar-refractivity contribution in [3.05, 3.63) is 34.5 Å². The fourth-order valence-corrected chi connectivity index (χ4v) is 4.85. The number of carbonyl (C=O) groups excluding carboxylic acids is 1. The molecule has 8 nitrogen and oxygen atoms in total. The van der Waals surface area contributed by atoms with Gasteiger partial charge in [-0.3, -0.25) is 9.48 Å². The van der Waals surface area contributed by atoms with Crippen molar-refractivity contribution in [2.45, 2.75) is 78.1 Å². The molecule has 1 aromatic heterocycles. The van der Waals surface area contributed by atoms with Crippen LogP contribution in [0.2, 0.25) is 5.02 Å². The first kappa shape index (κ1) is 32.8. The molecule has 1 amide bonds. The van der Waals surface area contributed by atoms with Gasteiger partial charge in [-0.2, -0.15) is 26.7 Å². The number of hydrogen-bond donors (Lipinski definition) is 2. The number of methoxy groups -OCH3 is 1. The van der Waals surface area contributed by atoms with E-state index in [1.807, 2.05) is 6.92 Å². The maximum atomic E-state index is 13.4. The highest BCUT2D eigenvalue weighted by molar-refractivity contribution is 7.51. The molecule has 1 saturated carbocycles. The summed E-state index contributed by atoms with van der Waals surface area (Å²) in [4.78, 5) is 13.0. The van der Waals surface area contributed by atoms with Gasteiger partial charge in [-0.15, -0.1) is 0 Å². The molecule has 1 aliphatic rings. The van der Waals surface area contributed by atoms with E-state index in [2.05, 4.69) is 17.3 Å². The molecule has 13 heteroatoms. The van der Waals surface area contributed by atoms with Crippen LogP contribution in [0.1, 0.15) is 69.4 Å². The number of amides is 1. The predicted octanol–water partition coefficient (Wildman–Crippen LogP) is 5.36. The van der Waals surface area contributed by atoms with Crippen molar-refractivity contribution in [2.75, 3.05) is 13.7 Å². The Morgan fingerprint density at radius 1 is 1.28 bits per heavy atom. The number of ether oxygens (including phenoxy) is 1. The second kappa shape index (κ2) is 13.3. The van der Waals surface area contributed by atoms with Gasteiger partial charge >= 0.3 is 17.7 Å². The summed E-state index contributed by atoms with van der Waals surface area (Å²) in [5.74, 6) is 0.390. The van der Waals surface area contributed by atoms with E-state index in [4.69, 9.17) is 24.8 Å². The molecule has 1 heterocycles. The molecule has 1 fully saturated rings. The van der Waals surface area contributed by atoms with E-state index in [0.29, 0.717) is 47.9 Å². The summed E-state index contributed by atoms with van der Waals surface area (Å²) >= 11 is 5.89. The number of nitrogens with one attached hydrogen (secondary N) is 1. The minimum Gasteiger partial charge on any atom is -0.496 e. The Hall–Kier alpha value is -2.44. The van der Waals surface area contributed by atoms with E-state index in [9.17, 15) is 23.1 Å². The molecule has 1 aromatic carbocycles. The molecule has 218 valence electrons. The second-order valence-electron chi connectivity index (χ2n) is 10.6. The van der Waals surface area contributed by atoms with Crippen LogP contribution < -0.4 is 10.1 Å². The van der Waals surface area contributed by atoms with Crippen LogP contribution in [0.5, 0.6) is 5.75 Å². The van der Waals surface area contributed by atoms with Gasteiger partial charge in [-0.1, -0.05) is 38.4 Å². The summed E-state index contributed by atoms with van der Waals surface area (Å²) < 4.78 is 63.8. The maximum absolute atomic E-state index is 13.4. The van der Waals surface area contributed by atoms with E-state index in [1.165, 1.54) is 7.11 Å². The molecule has 1 aliphatic carbocycles. The molecule has 0 atom stereocenters. The van der Waals surface area contributed by atoms with Crippen LogP contribution in [0.25, 0.3) is 11.3 Å². The lowest BCUT2D eigenvalue weighted by Crippen LogP contribution is -2.45. The van der Waals surface area contributed by atoms with E-state index in [1.54, 1.807) is 22.9 Å². The number of hydrogen-bond acceptors (Lipinski definition) is 6. The number of benzene rings is 1. The Labute approximate surface area is 234 Å². The summed E-state index contributed by atoms with van der Waals surface area (Å²) in [7, 11) is 1.43. The normalized spacial score (nSPS) is 19.6. The summed E-state index contributed by atoms with van der Waals surface area (Å²) in [5.41, 5.74) is -1.42. The minimum atomic E-state index is -4.35. The monoisotopic (exact) mass is 593 g/mol. The molecule has 0 aliphatic heterocycles. The SMILES string of the molecule is CCn1nc(C(=O)NCC2(O)CCC(C)CC2)c(Cl)c1-c1ccc(CC(C)(C)C(F)(F)F)cc1OC.O=S=O. The fourth-order valence-electron chi connectivity index (χ4n) is 4.53. The van der Waals surface area contributed by atoms with Gasteiger partial charge in [0.2, 0.25) is 0 Å². The van der Waals surface area contributed by atoms with Crippen LogP contribution in [0.3, 0.4) is 0 Å². The summed E-state index contributed by atoms with van der Waals surface area (Å²) in [6, 6.07) is 4.81. The summed E-state index contributed by atoms with van der Waals surface area (Å²) in [6.45, 7) is 6.81. The minimum absolute atomic E-state index is 0.0191. The summed E-state index contributed by atoms with van der Waals surface area (Å²) in [5, 5.41) is 18.1. The first-order valence-electron chi connectivity index (χ1n) is 12.6. The highest BCUT2D eigenvalue weighted by atomic mass is 35.5. The number of alkyl halides is 3. The van der Waals surface area contributed by atoms with Gasteiger partial charge in [0.25, 0.3) is 5.91 Å². The van der Waals surface area contributed by atoms with Crippen molar-refractivity contribution >= 4 is 29.1 Å². The number of rotatable bonds is 8. The average molecular weight is 594 g/mol. The van der Waals surface area contributed by atoms with E-state index in [0.717, 1.165) is 26.7 Å². The highest BCUT2D eigenvalue weighted by Gasteiger charge is 2.47. The number of aliphatic hydroxyl groups is 1. The topological polar surface area (TPSA) is 111 Å². The third-order valence-corrected chi connectivity index (χ3v) is 7.48. The summed E-state index contributed by atoms with van der Waals surface area (Å²) in [6.07, 6.45) is -1.54. The number of aromatic nitrogens is 2. The van der Waals surface area contributed by atoms with Gasteiger partial charge in [0.05, 0.1) is 28.8 Å². The quantitative estimate of drug-likeness (QED) is 0.426. The Kier molecular flexibility index (Phi) is 11.2. The van der Waals surface area contributed by atoms with Gasteiger partial charge in [0, 0.05) is 18.7 Å². The Morgan fingerprint density at radius 3 is 2.38 bits per heavy atom. The molecular formula is C26H35ClF3N3O5S. The lowest BCUT2D eigenvalue weighted by Gasteiger charge is -2.34. The Bertz CT molecular complexity index is 1190. The molecule has 2 aromatic rings. The third-order valence-electron chi connectivity index (χ3n) is 7.13. The standard InChI is InChI=1S/C26H35ClF3N3O3.O2S/c1-6-33-22(18-8-7-17(13-19(18)36-5)14-24(3,4)26(28,29)30)20(27)21(32-33)23(34)31-15-25(35)11-9-16(2)10-12-25;1-3-2/h7-8,13,16,35H,6,9-12,14-15H2,1-5H3,(H,31,34);. The van der Waals surface area contributed by atoms with Gasteiger partial charge < -0.3 is 15.2 Å². The molecule has 0 spiro atoms. The number of aryl methyl sites for hydroxylation is 1. The maximum Gasteiger partial charge on any atom is 0.394 e.